The Labute approximate surface area is 190 Å². The second kappa shape index (κ2) is 9.40. The number of imide groups is 1. The molecule has 8 nitrogen and oxygen atoms in total. The van der Waals surface area contributed by atoms with Crippen LogP contribution in [-0.4, -0.2) is 47.3 Å². The van der Waals surface area contributed by atoms with Gasteiger partial charge in [-0.05, 0) is 56.2 Å². The molecule has 0 aromatic heterocycles. The fourth-order valence-electron chi connectivity index (χ4n) is 4.26. The van der Waals surface area contributed by atoms with Crippen LogP contribution >= 0.6 is 0 Å². The summed E-state index contributed by atoms with van der Waals surface area (Å²) in [6.45, 7) is 1.04. The third-order valence-electron chi connectivity index (χ3n) is 5.99. The molecule has 1 unspecified atom stereocenters. The van der Waals surface area contributed by atoms with E-state index in [4.69, 9.17) is 0 Å². The van der Waals surface area contributed by atoms with Gasteiger partial charge in [-0.15, -0.1) is 0 Å². The van der Waals surface area contributed by atoms with E-state index in [1.165, 1.54) is 29.2 Å². The first kappa shape index (κ1) is 22.4. The first-order valence-corrected chi connectivity index (χ1v) is 10.9. The number of urea groups is 1. The van der Waals surface area contributed by atoms with Crippen LogP contribution in [-0.2, 0) is 9.59 Å². The molecule has 2 N–H and O–H groups in total. The highest BCUT2D eigenvalue weighted by atomic mass is 19.1. The lowest BCUT2D eigenvalue weighted by molar-refractivity contribution is -0.130. The minimum atomic E-state index is -0.833. The first-order valence-electron chi connectivity index (χ1n) is 10.9. The van der Waals surface area contributed by atoms with E-state index in [0.29, 0.717) is 16.9 Å². The van der Waals surface area contributed by atoms with E-state index >= 15 is 0 Å². The van der Waals surface area contributed by atoms with Crippen molar-refractivity contribution in [2.24, 2.45) is 0 Å². The minimum Gasteiger partial charge on any atom is -0.349 e. The second-order valence-electron chi connectivity index (χ2n) is 8.28. The van der Waals surface area contributed by atoms with Crippen LogP contribution < -0.4 is 15.5 Å². The number of halogens is 1. The van der Waals surface area contributed by atoms with E-state index in [2.05, 4.69) is 10.6 Å². The van der Waals surface area contributed by atoms with Crippen molar-refractivity contribution < 1.29 is 23.6 Å². The van der Waals surface area contributed by atoms with Gasteiger partial charge in [-0.1, -0.05) is 25.0 Å². The predicted octanol–water partition coefficient (Wildman–Crippen LogP) is 3.29. The van der Waals surface area contributed by atoms with Gasteiger partial charge in [0.25, 0.3) is 11.8 Å². The van der Waals surface area contributed by atoms with Gasteiger partial charge in [-0.2, -0.15) is 0 Å². The van der Waals surface area contributed by atoms with Crippen LogP contribution in [0.1, 0.15) is 43.0 Å². The molecule has 2 fully saturated rings. The number of amides is 5. The zero-order valence-electron chi connectivity index (χ0n) is 18.2. The van der Waals surface area contributed by atoms with Crippen molar-refractivity contribution in [3.63, 3.8) is 0 Å². The van der Waals surface area contributed by atoms with Crippen molar-refractivity contribution in [3.05, 3.63) is 59.9 Å². The van der Waals surface area contributed by atoms with Gasteiger partial charge in [-0.25, -0.2) is 9.18 Å². The van der Waals surface area contributed by atoms with E-state index in [0.717, 1.165) is 30.6 Å². The summed E-state index contributed by atoms with van der Waals surface area (Å²) in [5.41, 5.74) is 0.984. The molecular formula is C24H25FN4O4. The Morgan fingerprint density at radius 1 is 1.03 bits per heavy atom. The molecule has 1 saturated carbocycles. The molecule has 4 rings (SSSR count). The number of nitrogens with one attached hydrogen (secondary N) is 2. The van der Waals surface area contributed by atoms with Crippen LogP contribution in [0.2, 0.25) is 0 Å². The molecule has 9 heteroatoms. The summed E-state index contributed by atoms with van der Waals surface area (Å²) in [5, 5.41) is 5.63. The van der Waals surface area contributed by atoms with Crippen molar-refractivity contribution in [2.75, 3.05) is 16.8 Å². The zero-order valence-corrected chi connectivity index (χ0v) is 18.2. The molecule has 33 heavy (non-hydrogen) atoms. The Hall–Kier alpha value is -3.75. The maximum atomic E-state index is 13.2. The first-order chi connectivity index (χ1) is 15.8. The molecule has 0 bridgehead atoms. The third kappa shape index (κ3) is 4.72. The van der Waals surface area contributed by atoms with Crippen LogP contribution in [0.15, 0.2) is 48.5 Å². The van der Waals surface area contributed by atoms with E-state index < -0.39 is 36.2 Å². The lowest BCUT2D eigenvalue weighted by Gasteiger charge is -2.19. The number of nitrogens with zero attached hydrogens (tertiary/aromatic N) is 2. The predicted molar refractivity (Wildman–Crippen MR) is 120 cm³/mol. The van der Waals surface area contributed by atoms with Crippen LogP contribution in [0, 0.1) is 5.82 Å². The average molecular weight is 452 g/mol. The molecule has 0 radical (unpaired) electrons. The van der Waals surface area contributed by atoms with Gasteiger partial charge < -0.3 is 10.6 Å². The number of benzene rings is 2. The zero-order chi connectivity index (χ0) is 23.5. The SMILES string of the molecule is CC1C(=O)N(CC(=O)Nc2ccccc2C(=O)NC2CCCC2)C(=O)N1c1ccc(F)cc1. The third-order valence-corrected chi connectivity index (χ3v) is 5.99. The number of hydrogen-bond donors (Lipinski definition) is 2. The highest BCUT2D eigenvalue weighted by Gasteiger charge is 2.44. The molecule has 1 saturated heterocycles. The van der Waals surface area contributed by atoms with Crippen LogP contribution in [0.25, 0.3) is 0 Å². The van der Waals surface area contributed by atoms with Gasteiger partial charge >= 0.3 is 6.03 Å². The highest BCUT2D eigenvalue weighted by molar-refractivity contribution is 6.16. The van der Waals surface area contributed by atoms with Crippen LogP contribution in [0.5, 0.6) is 0 Å². The Balaban J connectivity index is 1.44. The highest BCUT2D eigenvalue weighted by Crippen LogP contribution is 2.26. The fraction of sp³-hybridized carbons (Fsp3) is 0.333. The molecule has 2 aliphatic rings. The van der Waals surface area contributed by atoms with Crippen molar-refractivity contribution in [1.82, 2.24) is 10.2 Å². The summed E-state index contributed by atoms with van der Waals surface area (Å²) < 4.78 is 13.2. The van der Waals surface area contributed by atoms with E-state index in [9.17, 15) is 23.6 Å². The minimum absolute atomic E-state index is 0.125. The van der Waals surface area contributed by atoms with Crippen molar-refractivity contribution in [1.29, 1.82) is 0 Å². The molecule has 1 aliphatic carbocycles. The van der Waals surface area contributed by atoms with Crippen molar-refractivity contribution in [3.8, 4) is 0 Å². The smallest absolute Gasteiger partial charge is 0.332 e. The lowest BCUT2D eigenvalue weighted by atomic mass is 10.1. The Morgan fingerprint density at radius 3 is 2.39 bits per heavy atom. The number of para-hydroxylation sites is 1. The summed E-state index contributed by atoms with van der Waals surface area (Å²) in [4.78, 5) is 53.0. The number of carbonyl (C=O) groups is 4. The number of hydrogen-bond acceptors (Lipinski definition) is 4. The average Bonchev–Trinajstić information content (AvgIpc) is 3.38. The van der Waals surface area contributed by atoms with E-state index in [1.54, 1.807) is 31.2 Å². The number of carbonyl (C=O) groups excluding carboxylic acids is 4. The molecule has 0 spiro atoms. The lowest BCUT2D eigenvalue weighted by Crippen LogP contribution is -2.39. The Kier molecular flexibility index (Phi) is 6.39. The van der Waals surface area contributed by atoms with Gasteiger partial charge in [0.15, 0.2) is 0 Å². The quantitative estimate of drug-likeness (QED) is 0.657. The maximum Gasteiger partial charge on any atom is 0.332 e. The molecule has 5 amide bonds. The van der Waals surface area contributed by atoms with Gasteiger partial charge in [-0.3, -0.25) is 24.2 Å². The summed E-state index contributed by atoms with van der Waals surface area (Å²) in [7, 11) is 0. The van der Waals surface area contributed by atoms with Gasteiger partial charge in [0, 0.05) is 11.7 Å². The monoisotopic (exact) mass is 452 g/mol. The van der Waals surface area contributed by atoms with E-state index in [1.807, 2.05) is 0 Å². The van der Waals surface area contributed by atoms with Crippen molar-refractivity contribution >= 4 is 35.1 Å². The van der Waals surface area contributed by atoms with E-state index in [-0.39, 0.29) is 11.9 Å². The standard InChI is InChI=1S/C24H25FN4O4/c1-15-23(32)28(24(33)29(15)18-12-10-16(25)11-13-18)14-21(30)27-20-9-5-4-8-19(20)22(31)26-17-6-2-3-7-17/h4-5,8-13,15,17H,2-3,6-7,14H2,1H3,(H,26,31)(H,27,30). The Bertz CT molecular complexity index is 1080. The molecule has 2 aromatic rings. The molecule has 2 aromatic carbocycles. The molecule has 1 heterocycles. The summed E-state index contributed by atoms with van der Waals surface area (Å²) in [6, 6.07) is 10.4. The fourth-order valence-corrected chi connectivity index (χ4v) is 4.26. The largest absolute Gasteiger partial charge is 0.349 e. The van der Waals surface area contributed by atoms with Crippen LogP contribution in [0.4, 0.5) is 20.6 Å². The summed E-state index contributed by atoms with van der Waals surface area (Å²) in [6.07, 6.45) is 4.02. The molecular weight excluding hydrogens is 427 g/mol. The second-order valence-corrected chi connectivity index (χ2v) is 8.28. The van der Waals surface area contributed by atoms with Gasteiger partial charge in [0.05, 0.1) is 11.3 Å². The topological polar surface area (TPSA) is 98.8 Å². The molecule has 172 valence electrons. The maximum absolute atomic E-state index is 13.2. The normalized spacial score (nSPS) is 18.7. The number of anilines is 2. The Morgan fingerprint density at radius 2 is 1.70 bits per heavy atom. The molecule has 1 aliphatic heterocycles. The van der Waals surface area contributed by atoms with Crippen LogP contribution in [0.3, 0.4) is 0 Å². The van der Waals surface area contributed by atoms with Gasteiger partial charge in [0.2, 0.25) is 5.91 Å². The van der Waals surface area contributed by atoms with Crippen molar-refractivity contribution in [2.45, 2.75) is 44.7 Å². The summed E-state index contributed by atoms with van der Waals surface area (Å²) in [5.74, 6) is -1.88. The number of rotatable bonds is 6. The van der Waals surface area contributed by atoms with Gasteiger partial charge in [0.1, 0.15) is 18.4 Å². The summed E-state index contributed by atoms with van der Waals surface area (Å²) >= 11 is 0. The molecule has 1 atom stereocenters.